The highest BCUT2D eigenvalue weighted by Crippen LogP contribution is 2.14. The van der Waals surface area contributed by atoms with Crippen LogP contribution in [0.2, 0.25) is 0 Å². The second-order valence-corrected chi connectivity index (χ2v) is 4.57. The van der Waals surface area contributed by atoms with Crippen LogP contribution in [-0.2, 0) is 6.42 Å². The van der Waals surface area contributed by atoms with E-state index in [0.29, 0.717) is 0 Å². The van der Waals surface area contributed by atoms with Gasteiger partial charge in [-0.3, -0.25) is 11.3 Å². The molecule has 0 aromatic carbocycles. The summed E-state index contributed by atoms with van der Waals surface area (Å²) in [4.78, 5) is 1.45. The Morgan fingerprint density at radius 1 is 1.71 bits per heavy atom. The molecule has 2 nitrogen and oxygen atoms in total. The highest BCUT2D eigenvalue weighted by molar-refractivity contribution is 7.09. The van der Waals surface area contributed by atoms with Crippen LogP contribution < -0.4 is 11.3 Å². The van der Waals surface area contributed by atoms with Crippen molar-refractivity contribution in [2.45, 2.75) is 32.2 Å². The van der Waals surface area contributed by atoms with E-state index < -0.39 is 0 Å². The number of thiophene rings is 1. The molecule has 1 rings (SSSR count). The van der Waals surface area contributed by atoms with Crippen molar-refractivity contribution < 1.29 is 0 Å². The zero-order chi connectivity index (χ0) is 10.4. The van der Waals surface area contributed by atoms with Gasteiger partial charge in [-0.2, -0.15) is 0 Å². The predicted molar refractivity (Wildman–Crippen MR) is 63.2 cm³/mol. The van der Waals surface area contributed by atoms with E-state index in [0.717, 1.165) is 24.8 Å². The number of nitrogens with two attached hydrogens (primary N) is 1. The molecule has 14 heavy (non-hydrogen) atoms. The highest BCUT2D eigenvalue weighted by Gasteiger charge is 2.06. The largest absolute Gasteiger partial charge is 0.271 e. The molecule has 0 amide bonds. The highest BCUT2D eigenvalue weighted by atomic mass is 32.1. The molecule has 0 bridgehead atoms. The van der Waals surface area contributed by atoms with E-state index in [1.165, 1.54) is 4.88 Å². The molecule has 0 saturated heterocycles. The summed E-state index contributed by atoms with van der Waals surface area (Å²) in [6, 6.07) is 4.53. The van der Waals surface area contributed by atoms with Gasteiger partial charge in [-0.1, -0.05) is 18.2 Å². The van der Waals surface area contributed by atoms with Gasteiger partial charge in [0.1, 0.15) is 0 Å². The Labute approximate surface area is 89.8 Å². The van der Waals surface area contributed by atoms with Crippen LogP contribution in [0, 0.1) is 0 Å². The summed E-state index contributed by atoms with van der Waals surface area (Å²) in [5, 5.41) is 2.12. The first kappa shape index (κ1) is 11.4. The number of hydrogen-bond donors (Lipinski definition) is 2. The second kappa shape index (κ2) is 5.96. The van der Waals surface area contributed by atoms with Crippen molar-refractivity contribution in [3.8, 4) is 0 Å². The van der Waals surface area contributed by atoms with Crippen LogP contribution in [0.1, 0.15) is 24.6 Å². The Morgan fingerprint density at radius 2 is 2.50 bits per heavy atom. The Balaban J connectivity index is 2.23. The Morgan fingerprint density at radius 3 is 3.00 bits per heavy atom. The summed E-state index contributed by atoms with van der Waals surface area (Å²) >= 11 is 1.82. The van der Waals surface area contributed by atoms with Crippen LogP contribution in [0.15, 0.2) is 29.7 Å². The van der Waals surface area contributed by atoms with Crippen LogP contribution >= 0.6 is 11.3 Å². The first-order chi connectivity index (χ1) is 6.74. The van der Waals surface area contributed by atoms with Crippen molar-refractivity contribution in [1.82, 2.24) is 5.43 Å². The van der Waals surface area contributed by atoms with Gasteiger partial charge in [0.15, 0.2) is 0 Å². The first-order valence-corrected chi connectivity index (χ1v) is 5.76. The molecule has 0 radical (unpaired) electrons. The lowest BCUT2D eigenvalue weighted by Crippen LogP contribution is -2.35. The summed E-state index contributed by atoms with van der Waals surface area (Å²) in [7, 11) is 0. The van der Waals surface area contributed by atoms with E-state index in [1.54, 1.807) is 0 Å². The molecular weight excluding hydrogens is 192 g/mol. The van der Waals surface area contributed by atoms with E-state index in [2.05, 4.69) is 29.5 Å². The molecule has 0 aliphatic heterocycles. The van der Waals surface area contributed by atoms with Crippen molar-refractivity contribution in [3.05, 3.63) is 34.5 Å². The zero-order valence-corrected chi connectivity index (χ0v) is 9.44. The third-order valence-corrected chi connectivity index (χ3v) is 3.23. The predicted octanol–water partition coefficient (Wildman–Crippen LogP) is 2.48. The normalized spacial score (nSPS) is 12.7. The molecule has 0 saturated carbocycles. The smallest absolute Gasteiger partial charge is 0.0414 e. The summed E-state index contributed by atoms with van der Waals surface area (Å²) in [6.45, 7) is 5.91. The molecule has 0 fully saturated rings. The lowest BCUT2D eigenvalue weighted by Gasteiger charge is -2.14. The van der Waals surface area contributed by atoms with Crippen molar-refractivity contribution in [3.63, 3.8) is 0 Å². The summed E-state index contributed by atoms with van der Waals surface area (Å²) in [5.41, 5.74) is 3.90. The molecule has 0 aliphatic carbocycles. The van der Waals surface area contributed by atoms with E-state index in [9.17, 15) is 0 Å². The van der Waals surface area contributed by atoms with Gasteiger partial charge in [-0.15, -0.1) is 11.3 Å². The second-order valence-electron chi connectivity index (χ2n) is 3.54. The minimum Gasteiger partial charge on any atom is -0.271 e. The molecule has 78 valence electrons. The van der Waals surface area contributed by atoms with E-state index in [4.69, 9.17) is 5.84 Å². The van der Waals surface area contributed by atoms with Gasteiger partial charge in [-0.05, 0) is 37.6 Å². The summed E-state index contributed by atoms with van der Waals surface area (Å²) < 4.78 is 0. The lowest BCUT2D eigenvalue weighted by molar-refractivity contribution is 0.535. The maximum atomic E-state index is 5.42. The van der Waals surface area contributed by atoms with Gasteiger partial charge in [0.05, 0.1) is 0 Å². The van der Waals surface area contributed by atoms with Crippen molar-refractivity contribution in [2.24, 2.45) is 5.84 Å². The molecule has 1 unspecified atom stereocenters. The average molecular weight is 210 g/mol. The van der Waals surface area contributed by atoms with Crippen molar-refractivity contribution >= 4 is 11.3 Å². The number of rotatable bonds is 6. The quantitative estimate of drug-likeness (QED) is 0.430. The fourth-order valence-electron chi connectivity index (χ4n) is 1.41. The van der Waals surface area contributed by atoms with E-state index in [1.807, 2.05) is 18.3 Å². The molecule has 0 spiro atoms. The fraction of sp³-hybridized carbons (Fsp3) is 0.455. The van der Waals surface area contributed by atoms with Crippen LogP contribution in [0.4, 0.5) is 0 Å². The van der Waals surface area contributed by atoms with Crippen LogP contribution in [-0.4, -0.2) is 6.04 Å². The maximum absolute atomic E-state index is 5.42. The third kappa shape index (κ3) is 3.62. The van der Waals surface area contributed by atoms with Gasteiger partial charge in [-0.25, -0.2) is 0 Å². The minimum atomic E-state index is 0.259. The van der Waals surface area contributed by atoms with Gasteiger partial charge in [0.2, 0.25) is 0 Å². The Hall–Kier alpha value is -0.640. The monoisotopic (exact) mass is 210 g/mol. The molecule has 1 heterocycles. The fourth-order valence-corrected chi connectivity index (χ4v) is 2.16. The minimum absolute atomic E-state index is 0.259. The number of hydrogen-bond acceptors (Lipinski definition) is 3. The van der Waals surface area contributed by atoms with Crippen LogP contribution in [0.5, 0.6) is 0 Å². The number of hydrazine groups is 1. The molecule has 3 N–H and O–H groups in total. The SMILES string of the molecule is C=C(C)C(CCCc1cccs1)NN. The van der Waals surface area contributed by atoms with Crippen LogP contribution in [0.25, 0.3) is 0 Å². The summed E-state index contributed by atoms with van der Waals surface area (Å²) in [6.07, 6.45) is 3.36. The molecule has 1 aromatic rings. The molecule has 1 atom stereocenters. The van der Waals surface area contributed by atoms with Gasteiger partial charge in [0.25, 0.3) is 0 Å². The van der Waals surface area contributed by atoms with Gasteiger partial charge < -0.3 is 0 Å². The molecule has 3 heteroatoms. The standard InChI is InChI=1S/C11H18N2S/c1-9(2)11(13-12)7-3-5-10-6-4-8-14-10/h4,6,8,11,13H,1,3,5,7,12H2,2H3. The van der Waals surface area contributed by atoms with Crippen molar-refractivity contribution in [1.29, 1.82) is 0 Å². The Kier molecular flexibility index (Phi) is 4.87. The third-order valence-electron chi connectivity index (χ3n) is 2.29. The Bertz CT molecular complexity index is 267. The number of nitrogens with one attached hydrogen (secondary N) is 1. The van der Waals surface area contributed by atoms with Gasteiger partial charge >= 0.3 is 0 Å². The number of aryl methyl sites for hydroxylation is 1. The molecule has 1 aromatic heterocycles. The first-order valence-electron chi connectivity index (χ1n) is 4.88. The molecule has 0 aliphatic rings. The molecular formula is C11H18N2S. The average Bonchev–Trinajstić information content (AvgIpc) is 2.64. The van der Waals surface area contributed by atoms with Crippen LogP contribution in [0.3, 0.4) is 0 Å². The topological polar surface area (TPSA) is 38.0 Å². The van der Waals surface area contributed by atoms with Gasteiger partial charge in [0, 0.05) is 10.9 Å². The van der Waals surface area contributed by atoms with E-state index in [-0.39, 0.29) is 6.04 Å². The zero-order valence-electron chi connectivity index (χ0n) is 8.62. The maximum Gasteiger partial charge on any atom is 0.0414 e. The van der Waals surface area contributed by atoms with E-state index >= 15 is 0 Å². The lowest BCUT2D eigenvalue weighted by atomic mass is 10.0. The summed E-state index contributed by atoms with van der Waals surface area (Å²) in [5.74, 6) is 5.42. The van der Waals surface area contributed by atoms with Crippen molar-refractivity contribution in [2.75, 3.05) is 0 Å².